The van der Waals surface area contributed by atoms with Gasteiger partial charge in [-0.05, 0) is 48.4 Å². The molecule has 5 N–H and O–H groups in total. The van der Waals surface area contributed by atoms with E-state index in [0.29, 0.717) is 12.1 Å². The van der Waals surface area contributed by atoms with Gasteiger partial charge in [0.05, 0.1) is 22.7 Å². The van der Waals surface area contributed by atoms with Gasteiger partial charge in [-0.15, -0.1) is 0 Å². The van der Waals surface area contributed by atoms with Crippen molar-refractivity contribution in [2.75, 3.05) is 17.3 Å². The molecule has 2 unspecified atom stereocenters. The number of pyridine rings is 1. The molecule has 0 spiro atoms. The Kier molecular flexibility index (Phi) is 7.06. The summed E-state index contributed by atoms with van der Waals surface area (Å²) in [6.45, 7) is 2.04. The van der Waals surface area contributed by atoms with Gasteiger partial charge in [-0.25, -0.2) is 13.8 Å². The average Bonchev–Trinajstić information content (AvgIpc) is 3.14. The summed E-state index contributed by atoms with van der Waals surface area (Å²) in [6.07, 6.45) is 6.24. The van der Waals surface area contributed by atoms with E-state index in [9.17, 15) is 17.8 Å². The van der Waals surface area contributed by atoms with Crippen LogP contribution in [0.25, 0.3) is 10.6 Å². The standard InChI is InChI=1S/C23H25F2N5O2S2/c1-11-8-12(9-16(26)20(11)34(2)32)13-6-7-28-10-17(13)29-22(31)19-21(27)33-23(30-19)18-14(24)4-3-5-15(18)25/h3-7,10-12,16,20H,8-9,26-27H2,1-2H3,(H,29,31)/t11-,12+,16+,20?,34?/m0/s1. The smallest absolute Gasteiger partial charge is 0.277 e. The minimum absolute atomic E-state index is 0.0182. The van der Waals surface area contributed by atoms with E-state index in [0.717, 1.165) is 35.5 Å². The van der Waals surface area contributed by atoms with E-state index in [1.165, 1.54) is 12.3 Å². The summed E-state index contributed by atoms with van der Waals surface area (Å²) in [5.74, 6) is -2.00. The number of nitrogens with zero attached hydrogens (tertiary/aromatic N) is 2. The number of nitrogens with two attached hydrogens (primary N) is 2. The molecule has 0 saturated heterocycles. The van der Waals surface area contributed by atoms with Crippen LogP contribution in [0, 0.1) is 17.6 Å². The van der Waals surface area contributed by atoms with Crippen LogP contribution >= 0.6 is 11.3 Å². The number of rotatable bonds is 5. The summed E-state index contributed by atoms with van der Waals surface area (Å²) < 4.78 is 40.5. The largest absolute Gasteiger partial charge is 0.389 e. The summed E-state index contributed by atoms with van der Waals surface area (Å²) >= 11 is 0.835. The number of nitrogen functional groups attached to an aromatic ring is 1. The predicted octanol–water partition coefficient (Wildman–Crippen LogP) is 3.91. The van der Waals surface area contributed by atoms with Crippen LogP contribution in [0.2, 0.25) is 0 Å². The highest BCUT2D eigenvalue weighted by Gasteiger charge is 2.37. The first-order valence-corrected chi connectivity index (χ1v) is 13.1. The highest BCUT2D eigenvalue weighted by atomic mass is 32.2. The zero-order valence-electron chi connectivity index (χ0n) is 18.6. The van der Waals surface area contributed by atoms with Gasteiger partial charge in [0.15, 0.2) is 5.69 Å². The number of carbonyl (C=O) groups excluding carboxylic acids is 1. The van der Waals surface area contributed by atoms with E-state index in [-0.39, 0.29) is 44.4 Å². The number of nitrogens with one attached hydrogen (secondary N) is 1. The molecule has 34 heavy (non-hydrogen) atoms. The third-order valence-electron chi connectivity index (χ3n) is 6.17. The van der Waals surface area contributed by atoms with Gasteiger partial charge in [-0.2, -0.15) is 0 Å². The Bertz CT molecular complexity index is 1220. The molecule has 180 valence electrons. The monoisotopic (exact) mass is 505 g/mol. The number of aromatic nitrogens is 2. The van der Waals surface area contributed by atoms with Crippen molar-refractivity contribution in [1.82, 2.24) is 9.97 Å². The van der Waals surface area contributed by atoms with Gasteiger partial charge in [-0.1, -0.05) is 24.3 Å². The van der Waals surface area contributed by atoms with Gasteiger partial charge in [0.2, 0.25) is 0 Å². The molecule has 2 heterocycles. The minimum Gasteiger partial charge on any atom is -0.389 e. The Balaban J connectivity index is 1.59. The van der Waals surface area contributed by atoms with Crippen LogP contribution in [0.1, 0.15) is 41.7 Å². The summed E-state index contributed by atoms with van der Waals surface area (Å²) in [5, 5.41) is 2.74. The van der Waals surface area contributed by atoms with Gasteiger partial charge in [0, 0.05) is 29.3 Å². The van der Waals surface area contributed by atoms with E-state index in [2.05, 4.69) is 15.3 Å². The zero-order chi connectivity index (χ0) is 24.6. The molecule has 1 aliphatic carbocycles. The average molecular weight is 506 g/mol. The maximum atomic E-state index is 14.2. The van der Waals surface area contributed by atoms with Crippen molar-refractivity contribution < 1.29 is 17.8 Å². The number of hydrogen-bond donors (Lipinski definition) is 3. The quantitative estimate of drug-likeness (QED) is 0.483. The lowest BCUT2D eigenvalue weighted by Gasteiger charge is -2.38. The number of amides is 1. The zero-order valence-corrected chi connectivity index (χ0v) is 20.3. The van der Waals surface area contributed by atoms with Crippen molar-refractivity contribution in [2.45, 2.75) is 37.0 Å². The number of halogens is 2. The van der Waals surface area contributed by atoms with Crippen molar-refractivity contribution in [3.63, 3.8) is 0 Å². The van der Waals surface area contributed by atoms with Crippen LogP contribution in [0.3, 0.4) is 0 Å². The molecule has 1 aliphatic rings. The summed E-state index contributed by atoms with van der Waals surface area (Å²) in [7, 11) is -1.02. The second-order valence-electron chi connectivity index (χ2n) is 8.52. The molecule has 1 fully saturated rings. The van der Waals surface area contributed by atoms with Crippen LogP contribution in [0.5, 0.6) is 0 Å². The normalized spacial score (nSPS) is 23.4. The number of hydrogen-bond acceptors (Lipinski definition) is 7. The van der Waals surface area contributed by atoms with Gasteiger partial charge >= 0.3 is 0 Å². The first-order valence-electron chi connectivity index (χ1n) is 10.7. The molecule has 2 aromatic heterocycles. The Morgan fingerprint density at radius 1 is 1.24 bits per heavy atom. The van der Waals surface area contributed by atoms with Gasteiger partial charge in [-0.3, -0.25) is 14.0 Å². The maximum Gasteiger partial charge on any atom is 0.277 e. The van der Waals surface area contributed by atoms with Gasteiger partial charge in [0.1, 0.15) is 21.6 Å². The van der Waals surface area contributed by atoms with Crippen LogP contribution < -0.4 is 16.8 Å². The molecule has 4 rings (SSSR count). The molecule has 1 amide bonds. The van der Waals surface area contributed by atoms with Crippen molar-refractivity contribution in [3.05, 3.63) is 59.6 Å². The molecule has 0 radical (unpaired) electrons. The van der Waals surface area contributed by atoms with Gasteiger partial charge < -0.3 is 16.8 Å². The first kappa shape index (κ1) is 24.4. The number of carbonyl (C=O) groups is 1. The molecule has 0 bridgehead atoms. The van der Waals surface area contributed by atoms with E-state index in [1.54, 1.807) is 12.5 Å². The maximum absolute atomic E-state index is 14.2. The van der Waals surface area contributed by atoms with Crippen molar-refractivity contribution in [2.24, 2.45) is 11.7 Å². The van der Waals surface area contributed by atoms with Crippen LogP contribution in [-0.2, 0) is 10.8 Å². The van der Waals surface area contributed by atoms with E-state index in [4.69, 9.17) is 11.5 Å². The Morgan fingerprint density at radius 2 is 1.94 bits per heavy atom. The van der Waals surface area contributed by atoms with Crippen LogP contribution in [0.15, 0.2) is 36.7 Å². The minimum atomic E-state index is -1.02. The fraction of sp³-hybridized carbons (Fsp3) is 0.348. The number of anilines is 2. The fourth-order valence-electron chi connectivity index (χ4n) is 4.74. The lowest BCUT2D eigenvalue weighted by molar-refractivity contribution is 0.102. The SMILES string of the molecule is C[C@H]1C[C@@H](c2ccncc2NC(=O)c2nc(-c3c(F)cccc3F)sc2N)C[C@@H](N)C1S(C)=O. The van der Waals surface area contributed by atoms with E-state index in [1.807, 2.05) is 13.0 Å². The molecule has 1 saturated carbocycles. The fourth-order valence-corrected chi connectivity index (χ4v) is 6.99. The second-order valence-corrected chi connectivity index (χ2v) is 11.1. The topological polar surface area (TPSA) is 124 Å². The predicted molar refractivity (Wildman–Crippen MR) is 131 cm³/mol. The molecular weight excluding hydrogens is 480 g/mol. The van der Waals surface area contributed by atoms with Crippen LogP contribution in [0.4, 0.5) is 19.5 Å². The Hall–Kier alpha value is -2.76. The third-order valence-corrected chi connectivity index (χ3v) is 8.65. The summed E-state index contributed by atoms with van der Waals surface area (Å²) in [5.41, 5.74) is 13.2. The highest BCUT2D eigenvalue weighted by molar-refractivity contribution is 7.85. The number of benzene rings is 1. The summed E-state index contributed by atoms with van der Waals surface area (Å²) in [6, 6.07) is 5.08. The van der Waals surface area contributed by atoms with Crippen LogP contribution in [-0.4, -0.2) is 37.6 Å². The van der Waals surface area contributed by atoms with Crippen molar-refractivity contribution in [3.8, 4) is 10.6 Å². The second kappa shape index (κ2) is 9.85. The molecule has 3 aromatic rings. The summed E-state index contributed by atoms with van der Waals surface area (Å²) in [4.78, 5) is 21.3. The Labute approximate surface area is 202 Å². The Morgan fingerprint density at radius 3 is 2.59 bits per heavy atom. The van der Waals surface area contributed by atoms with Crippen molar-refractivity contribution >= 4 is 38.7 Å². The molecular formula is C23H25F2N5O2S2. The third kappa shape index (κ3) is 4.73. The van der Waals surface area contributed by atoms with Crippen molar-refractivity contribution in [1.29, 1.82) is 0 Å². The molecule has 0 aliphatic heterocycles. The highest BCUT2D eigenvalue weighted by Crippen LogP contribution is 2.40. The van der Waals surface area contributed by atoms with E-state index >= 15 is 0 Å². The number of thiazole rings is 1. The molecule has 11 heteroatoms. The lowest BCUT2D eigenvalue weighted by Crippen LogP contribution is -2.47. The molecule has 1 aromatic carbocycles. The van der Waals surface area contributed by atoms with Gasteiger partial charge in [0.25, 0.3) is 5.91 Å². The lowest BCUT2D eigenvalue weighted by atomic mass is 9.76. The van der Waals surface area contributed by atoms with E-state index < -0.39 is 28.3 Å². The molecule has 7 nitrogen and oxygen atoms in total. The first-order chi connectivity index (χ1) is 16.2. The molecule has 5 atom stereocenters.